The van der Waals surface area contributed by atoms with E-state index in [0.29, 0.717) is 18.1 Å². The zero-order valence-electron chi connectivity index (χ0n) is 12.2. The molecule has 21 heavy (non-hydrogen) atoms. The number of amides is 2. The Morgan fingerprint density at radius 2 is 2.10 bits per heavy atom. The van der Waals surface area contributed by atoms with Crippen molar-refractivity contribution in [2.24, 2.45) is 0 Å². The van der Waals surface area contributed by atoms with E-state index in [2.05, 4.69) is 10.3 Å². The molecule has 116 valence electrons. The lowest BCUT2D eigenvalue weighted by Crippen LogP contribution is -2.52. The number of thiazole rings is 1. The maximum absolute atomic E-state index is 12.2. The number of carboxylic acid groups (broad SMARTS) is 1. The molecule has 2 rings (SSSR count). The summed E-state index contributed by atoms with van der Waals surface area (Å²) in [5.74, 6) is -1.06. The molecular weight excluding hydrogens is 294 g/mol. The minimum absolute atomic E-state index is 0.00437. The normalized spacial score (nSPS) is 23.7. The van der Waals surface area contributed by atoms with Gasteiger partial charge in [-0.3, -0.25) is 0 Å². The highest BCUT2D eigenvalue weighted by atomic mass is 32.1. The zero-order valence-corrected chi connectivity index (χ0v) is 13.0. The fourth-order valence-corrected chi connectivity index (χ4v) is 3.07. The monoisotopic (exact) mass is 313 g/mol. The number of nitrogens with one attached hydrogen (secondary N) is 1. The molecule has 1 fully saturated rings. The molecule has 0 aromatic carbocycles. The number of aromatic nitrogens is 1. The Labute approximate surface area is 126 Å². The van der Waals surface area contributed by atoms with Crippen molar-refractivity contribution in [3.63, 3.8) is 0 Å². The standard InChI is InChI=1S/C13H19N3O4S/c1-7-4-16(5-8(2)20-7)13(19)14-9(3)11-15-10(6-21-11)12(17)18/h6-9H,4-5H2,1-3H3,(H,14,19)(H,17,18)/t7-,8+,9?. The molecule has 3 atom stereocenters. The molecule has 1 unspecified atom stereocenters. The first-order valence-corrected chi connectivity index (χ1v) is 7.64. The summed E-state index contributed by atoms with van der Waals surface area (Å²) >= 11 is 1.23. The van der Waals surface area contributed by atoms with Gasteiger partial charge in [-0.05, 0) is 20.8 Å². The molecule has 2 amide bonds. The first-order chi connectivity index (χ1) is 9.86. The Bertz CT molecular complexity index is 523. The van der Waals surface area contributed by atoms with Gasteiger partial charge >= 0.3 is 12.0 Å². The van der Waals surface area contributed by atoms with Crippen LogP contribution in [0.15, 0.2) is 5.38 Å². The van der Waals surface area contributed by atoms with Crippen molar-refractivity contribution < 1.29 is 19.4 Å². The number of ether oxygens (including phenoxy) is 1. The van der Waals surface area contributed by atoms with Gasteiger partial charge in [-0.25, -0.2) is 14.6 Å². The molecule has 0 radical (unpaired) electrons. The molecule has 0 spiro atoms. The molecule has 2 heterocycles. The van der Waals surface area contributed by atoms with Crippen molar-refractivity contribution in [2.75, 3.05) is 13.1 Å². The van der Waals surface area contributed by atoms with E-state index >= 15 is 0 Å². The quantitative estimate of drug-likeness (QED) is 0.886. The molecule has 7 nitrogen and oxygen atoms in total. The molecule has 0 aliphatic carbocycles. The molecular formula is C13H19N3O4S. The number of carbonyl (C=O) groups excluding carboxylic acids is 1. The van der Waals surface area contributed by atoms with Crippen LogP contribution in [-0.4, -0.2) is 52.3 Å². The van der Waals surface area contributed by atoms with Gasteiger partial charge in [0.2, 0.25) is 0 Å². The Balaban J connectivity index is 1.96. The van der Waals surface area contributed by atoms with Gasteiger partial charge in [0.25, 0.3) is 0 Å². The number of aromatic carboxylic acids is 1. The lowest BCUT2D eigenvalue weighted by molar-refractivity contribution is -0.0547. The highest BCUT2D eigenvalue weighted by Gasteiger charge is 2.27. The van der Waals surface area contributed by atoms with Gasteiger partial charge < -0.3 is 20.1 Å². The van der Waals surface area contributed by atoms with Crippen LogP contribution in [0.3, 0.4) is 0 Å². The second-order valence-corrected chi connectivity index (χ2v) is 6.10. The average Bonchev–Trinajstić information content (AvgIpc) is 2.87. The highest BCUT2D eigenvalue weighted by Crippen LogP contribution is 2.19. The third-order valence-electron chi connectivity index (χ3n) is 3.16. The number of carboxylic acids is 1. The molecule has 1 aliphatic rings. The van der Waals surface area contributed by atoms with E-state index in [1.54, 1.807) is 11.8 Å². The van der Waals surface area contributed by atoms with E-state index < -0.39 is 5.97 Å². The third kappa shape index (κ3) is 3.92. The van der Waals surface area contributed by atoms with Gasteiger partial charge in [0, 0.05) is 18.5 Å². The molecule has 1 saturated heterocycles. The molecule has 0 bridgehead atoms. The molecule has 2 N–H and O–H groups in total. The molecule has 1 aliphatic heterocycles. The van der Waals surface area contributed by atoms with Crippen LogP contribution >= 0.6 is 11.3 Å². The van der Waals surface area contributed by atoms with Gasteiger partial charge in [-0.1, -0.05) is 0 Å². The first kappa shape index (κ1) is 15.7. The van der Waals surface area contributed by atoms with Crippen molar-refractivity contribution in [1.29, 1.82) is 0 Å². The van der Waals surface area contributed by atoms with Crippen LogP contribution in [0.25, 0.3) is 0 Å². The van der Waals surface area contributed by atoms with Crippen molar-refractivity contribution in [3.05, 3.63) is 16.1 Å². The summed E-state index contributed by atoms with van der Waals surface area (Å²) in [7, 11) is 0. The number of urea groups is 1. The lowest BCUT2D eigenvalue weighted by Gasteiger charge is -2.35. The van der Waals surface area contributed by atoms with Crippen molar-refractivity contribution in [1.82, 2.24) is 15.2 Å². The number of rotatable bonds is 3. The second kappa shape index (κ2) is 6.40. The van der Waals surface area contributed by atoms with Crippen molar-refractivity contribution in [2.45, 2.75) is 39.0 Å². The number of hydrogen-bond donors (Lipinski definition) is 2. The smallest absolute Gasteiger partial charge is 0.355 e. The summed E-state index contributed by atoms with van der Waals surface area (Å²) in [4.78, 5) is 28.8. The lowest BCUT2D eigenvalue weighted by atomic mass is 10.2. The first-order valence-electron chi connectivity index (χ1n) is 6.76. The fourth-order valence-electron chi connectivity index (χ4n) is 2.27. The van der Waals surface area contributed by atoms with Gasteiger partial charge in [0.1, 0.15) is 5.01 Å². The zero-order chi connectivity index (χ0) is 15.6. The number of hydrogen-bond acceptors (Lipinski definition) is 5. The predicted molar refractivity (Wildman–Crippen MR) is 77.6 cm³/mol. The second-order valence-electron chi connectivity index (χ2n) is 5.21. The molecule has 1 aromatic rings. The summed E-state index contributed by atoms with van der Waals surface area (Å²) in [6.07, 6.45) is 0.0153. The van der Waals surface area contributed by atoms with Gasteiger partial charge in [-0.2, -0.15) is 0 Å². The highest BCUT2D eigenvalue weighted by molar-refractivity contribution is 7.09. The Kier molecular flexibility index (Phi) is 4.79. The Morgan fingerprint density at radius 1 is 1.48 bits per heavy atom. The number of morpholine rings is 1. The SMILES string of the molecule is CC(NC(=O)N1C[C@@H](C)O[C@@H](C)C1)c1nc(C(=O)O)cs1. The van der Waals surface area contributed by atoms with Crippen LogP contribution in [-0.2, 0) is 4.74 Å². The molecule has 0 saturated carbocycles. The van der Waals surface area contributed by atoms with Gasteiger partial charge in [0.15, 0.2) is 5.69 Å². The Morgan fingerprint density at radius 3 is 2.62 bits per heavy atom. The van der Waals surface area contributed by atoms with Crippen LogP contribution in [0.2, 0.25) is 0 Å². The van der Waals surface area contributed by atoms with Crippen LogP contribution < -0.4 is 5.32 Å². The fraction of sp³-hybridized carbons (Fsp3) is 0.615. The van der Waals surface area contributed by atoms with E-state index in [0.717, 1.165) is 0 Å². The van der Waals surface area contributed by atoms with Crippen molar-refractivity contribution in [3.8, 4) is 0 Å². The number of carbonyl (C=O) groups is 2. The van der Waals surface area contributed by atoms with Crippen molar-refractivity contribution >= 4 is 23.3 Å². The summed E-state index contributed by atoms with van der Waals surface area (Å²) in [5.41, 5.74) is 0.00437. The van der Waals surface area contributed by atoms with E-state index in [1.807, 2.05) is 13.8 Å². The van der Waals surface area contributed by atoms with Crippen LogP contribution in [0.5, 0.6) is 0 Å². The average molecular weight is 313 g/mol. The topological polar surface area (TPSA) is 91.8 Å². The molecule has 1 aromatic heterocycles. The maximum atomic E-state index is 12.2. The maximum Gasteiger partial charge on any atom is 0.355 e. The minimum atomic E-state index is -1.06. The van der Waals surface area contributed by atoms with E-state index in [4.69, 9.17) is 9.84 Å². The Hall–Kier alpha value is -1.67. The summed E-state index contributed by atoms with van der Waals surface area (Å²) in [6.45, 7) is 6.73. The van der Waals surface area contributed by atoms with Crippen LogP contribution in [0, 0.1) is 0 Å². The summed E-state index contributed by atoms with van der Waals surface area (Å²) in [5, 5.41) is 13.8. The molecule has 8 heteroatoms. The van der Waals surface area contributed by atoms with E-state index in [-0.39, 0.29) is 30.0 Å². The predicted octanol–water partition coefficient (Wildman–Crippen LogP) is 1.72. The van der Waals surface area contributed by atoms with Gasteiger partial charge in [-0.15, -0.1) is 11.3 Å². The van der Waals surface area contributed by atoms with Crippen LogP contribution in [0.4, 0.5) is 4.79 Å². The summed E-state index contributed by atoms with van der Waals surface area (Å²) < 4.78 is 5.59. The van der Waals surface area contributed by atoms with E-state index in [9.17, 15) is 9.59 Å². The van der Waals surface area contributed by atoms with E-state index in [1.165, 1.54) is 16.7 Å². The minimum Gasteiger partial charge on any atom is -0.476 e. The van der Waals surface area contributed by atoms with Gasteiger partial charge in [0.05, 0.1) is 18.2 Å². The summed E-state index contributed by atoms with van der Waals surface area (Å²) in [6, 6.07) is -0.513. The number of nitrogens with zero attached hydrogens (tertiary/aromatic N) is 2. The van der Waals surface area contributed by atoms with Crippen LogP contribution in [0.1, 0.15) is 42.3 Å². The third-order valence-corrected chi connectivity index (χ3v) is 4.19. The largest absolute Gasteiger partial charge is 0.476 e.